The molecule has 4 rings (SSSR count). The van der Waals surface area contributed by atoms with Crippen LogP contribution in [0.1, 0.15) is 16.1 Å². The molecule has 1 aromatic carbocycles. The van der Waals surface area contributed by atoms with Crippen LogP contribution in [0, 0.1) is 12.7 Å². The molecule has 9 heteroatoms. The first-order valence-corrected chi connectivity index (χ1v) is 7.77. The van der Waals surface area contributed by atoms with Crippen LogP contribution < -0.4 is 5.32 Å². The van der Waals surface area contributed by atoms with Crippen LogP contribution in [0.4, 0.5) is 9.52 Å². The van der Waals surface area contributed by atoms with Crippen molar-refractivity contribution in [2.24, 2.45) is 0 Å². The molecule has 0 unspecified atom stereocenters. The van der Waals surface area contributed by atoms with Crippen molar-refractivity contribution in [3.05, 3.63) is 53.7 Å². The van der Waals surface area contributed by atoms with Crippen molar-refractivity contribution in [2.45, 2.75) is 6.92 Å². The Morgan fingerprint density at radius 1 is 1.33 bits per heavy atom. The predicted molar refractivity (Wildman–Crippen MR) is 85.5 cm³/mol. The summed E-state index contributed by atoms with van der Waals surface area (Å²) >= 11 is 1.16. The SMILES string of the molecule is Cc1ccc(-c2nnc3sc(NC(=O)c4ccco4)nn23)cc1F. The zero-order chi connectivity index (χ0) is 16.7. The van der Waals surface area contributed by atoms with E-state index in [9.17, 15) is 9.18 Å². The lowest BCUT2D eigenvalue weighted by Crippen LogP contribution is -2.10. The molecular formula is C15H10FN5O2S. The number of nitrogens with one attached hydrogen (secondary N) is 1. The lowest BCUT2D eigenvalue weighted by Gasteiger charge is -2.00. The Morgan fingerprint density at radius 3 is 2.96 bits per heavy atom. The Balaban J connectivity index is 1.68. The largest absolute Gasteiger partial charge is 0.459 e. The van der Waals surface area contributed by atoms with Gasteiger partial charge >= 0.3 is 0 Å². The van der Waals surface area contributed by atoms with Gasteiger partial charge in [-0.15, -0.1) is 15.3 Å². The zero-order valence-electron chi connectivity index (χ0n) is 12.4. The fourth-order valence-corrected chi connectivity index (χ4v) is 2.88. The average molecular weight is 343 g/mol. The molecule has 0 radical (unpaired) electrons. The number of hydrogen-bond donors (Lipinski definition) is 1. The van der Waals surface area contributed by atoms with E-state index in [1.54, 1.807) is 31.2 Å². The minimum absolute atomic E-state index is 0.182. The molecule has 0 aliphatic heterocycles. The third-order valence-electron chi connectivity index (χ3n) is 3.39. The summed E-state index contributed by atoms with van der Waals surface area (Å²) in [4.78, 5) is 12.5. The van der Waals surface area contributed by atoms with Gasteiger partial charge in [0.05, 0.1) is 6.26 Å². The molecule has 0 aliphatic carbocycles. The second kappa shape index (κ2) is 5.53. The second-order valence-corrected chi connectivity index (χ2v) is 5.98. The molecule has 24 heavy (non-hydrogen) atoms. The topological polar surface area (TPSA) is 85.3 Å². The number of amides is 1. The lowest BCUT2D eigenvalue weighted by molar-refractivity contribution is 0.0996. The van der Waals surface area contributed by atoms with Gasteiger partial charge in [-0.2, -0.15) is 4.52 Å². The molecule has 120 valence electrons. The van der Waals surface area contributed by atoms with Crippen LogP contribution in [0.2, 0.25) is 0 Å². The van der Waals surface area contributed by atoms with Crippen LogP contribution >= 0.6 is 11.3 Å². The molecule has 3 aromatic heterocycles. The van der Waals surface area contributed by atoms with Crippen LogP contribution in [0.15, 0.2) is 41.0 Å². The molecule has 0 fully saturated rings. The van der Waals surface area contributed by atoms with Crippen LogP contribution in [0.5, 0.6) is 0 Å². The highest BCUT2D eigenvalue weighted by Gasteiger charge is 2.17. The number of anilines is 1. The fraction of sp³-hybridized carbons (Fsp3) is 0.0667. The number of nitrogens with zero attached hydrogens (tertiary/aromatic N) is 4. The molecule has 0 saturated carbocycles. The van der Waals surface area contributed by atoms with E-state index in [0.717, 1.165) is 11.3 Å². The molecule has 0 spiro atoms. The van der Waals surface area contributed by atoms with Crippen molar-refractivity contribution < 1.29 is 13.6 Å². The number of aromatic nitrogens is 4. The maximum absolute atomic E-state index is 13.8. The van der Waals surface area contributed by atoms with Gasteiger partial charge in [0.2, 0.25) is 10.1 Å². The van der Waals surface area contributed by atoms with Crippen molar-refractivity contribution >= 4 is 27.3 Å². The van der Waals surface area contributed by atoms with E-state index in [1.165, 1.54) is 16.8 Å². The van der Waals surface area contributed by atoms with E-state index in [4.69, 9.17) is 4.42 Å². The summed E-state index contributed by atoms with van der Waals surface area (Å²) in [6.07, 6.45) is 1.41. The maximum Gasteiger partial charge on any atom is 0.293 e. The number of rotatable bonds is 3. The van der Waals surface area contributed by atoms with Crippen LogP contribution in [-0.4, -0.2) is 25.7 Å². The van der Waals surface area contributed by atoms with Crippen LogP contribution in [-0.2, 0) is 0 Å². The molecule has 7 nitrogen and oxygen atoms in total. The monoisotopic (exact) mass is 343 g/mol. The highest BCUT2D eigenvalue weighted by atomic mass is 32.1. The van der Waals surface area contributed by atoms with E-state index in [2.05, 4.69) is 20.6 Å². The number of carbonyl (C=O) groups excluding carboxylic acids is 1. The number of halogens is 1. The minimum atomic E-state index is -0.409. The molecule has 0 aliphatic rings. The number of fused-ring (bicyclic) bond motifs is 1. The second-order valence-electron chi connectivity index (χ2n) is 5.02. The van der Waals surface area contributed by atoms with E-state index >= 15 is 0 Å². The van der Waals surface area contributed by atoms with Crippen LogP contribution in [0.25, 0.3) is 16.3 Å². The first kappa shape index (κ1) is 14.5. The summed E-state index contributed by atoms with van der Waals surface area (Å²) in [5.74, 6) is -0.154. The molecule has 1 N–H and O–H groups in total. The quantitative estimate of drug-likeness (QED) is 0.618. The van der Waals surface area contributed by atoms with Gasteiger partial charge in [0.25, 0.3) is 5.91 Å². The van der Waals surface area contributed by atoms with Crippen molar-refractivity contribution in [3.63, 3.8) is 0 Å². The molecule has 0 saturated heterocycles. The molecule has 0 atom stereocenters. The number of benzene rings is 1. The summed E-state index contributed by atoms with van der Waals surface area (Å²) in [6, 6.07) is 7.97. The summed E-state index contributed by atoms with van der Waals surface area (Å²) in [5, 5.41) is 15.3. The zero-order valence-corrected chi connectivity index (χ0v) is 13.2. The van der Waals surface area contributed by atoms with Gasteiger partial charge in [-0.3, -0.25) is 10.1 Å². The minimum Gasteiger partial charge on any atom is -0.459 e. The van der Waals surface area contributed by atoms with Crippen molar-refractivity contribution in [2.75, 3.05) is 5.32 Å². The van der Waals surface area contributed by atoms with Gasteiger partial charge in [-0.25, -0.2) is 4.39 Å². The van der Waals surface area contributed by atoms with E-state index in [-0.39, 0.29) is 11.6 Å². The van der Waals surface area contributed by atoms with Gasteiger partial charge in [-0.05, 0) is 30.7 Å². The first-order chi connectivity index (χ1) is 11.6. The summed E-state index contributed by atoms with van der Waals surface area (Å²) in [6.45, 7) is 1.68. The van der Waals surface area contributed by atoms with Crippen molar-refractivity contribution in [1.82, 2.24) is 19.8 Å². The van der Waals surface area contributed by atoms with Gasteiger partial charge in [0, 0.05) is 5.56 Å². The summed E-state index contributed by atoms with van der Waals surface area (Å²) in [7, 11) is 0. The number of carbonyl (C=O) groups is 1. The van der Waals surface area contributed by atoms with Crippen LogP contribution in [0.3, 0.4) is 0 Å². The maximum atomic E-state index is 13.8. The summed E-state index contributed by atoms with van der Waals surface area (Å²) < 4.78 is 20.3. The average Bonchev–Trinajstić information content (AvgIpc) is 3.26. The lowest BCUT2D eigenvalue weighted by atomic mass is 10.1. The molecular weight excluding hydrogens is 333 g/mol. The number of hydrogen-bond acceptors (Lipinski definition) is 6. The third-order valence-corrected chi connectivity index (χ3v) is 4.20. The standard InChI is InChI=1S/C15H10FN5O2S/c1-8-4-5-9(7-10(8)16)12-18-19-15-21(12)20-14(24-15)17-13(22)11-3-2-6-23-11/h2-7H,1H3,(H,17,20,22). The highest BCUT2D eigenvalue weighted by Crippen LogP contribution is 2.25. The molecule has 1 amide bonds. The Hall–Kier alpha value is -3.07. The number of furan rings is 1. The normalized spacial score (nSPS) is 11.1. The number of aryl methyl sites for hydroxylation is 1. The Morgan fingerprint density at radius 2 is 2.21 bits per heavy atom. The molecule has 3 heterocycles. The van der Waals surface area contributed by atoms with E-state index in [1.807, 2.05) is 0 Å². The fourth-order valence-electron chi connectivity index (χ4n) is 2.15. The summed E-state index contributed by atoms with van der Waals surface area (Å²) in [5.41, 5.74) is 1.10. The van der Waals surface area contributed by atoms with Gasteiger partial charge in [0.15, 0.2) is 11.6 Å². The smallest absolute Gasteiger partial charge is 0.293 e. The molecule has 4 aromatic rings. The van der Waals surface area contributed by atoms with E-state index < -0.39 is 5.91 Å². The highest BCUT2D eigenvalue weighted by molar-refractivity contribution is 7.20. The first-order valence-electron chi connectivity index (χ1n) is 6.95. The van der Waals surface area contributed by atoms with Gasteiger partial charge in [0.1, 0.15) is 5.82 Å². The Labute approximate surface area is 138 Å². The Kier molecular flexibility index (Phi) is 3.35. The predicted octanol–water partition coefficient (Wildman–Crippen LogP) is 3.15. The van der Waals surface area contributed by atoms with Gasteiger partial charge in [-0.1, -0.05) is 23.5 Å². The third kappa shape index (κ3) is 2.44. The Bertz CT molecular complexity index is 1040. The van der Waals surface area contributed by atoms with Gasteiger partial charge < -0.3 is 4.42 Å². The molecule has 0 bridgehead atoms. The van der Waals surface area contributed by atoms with E-state index in [0.29, 0.717) is 27.0 Å². The van der Waals surface area contributed by atoms with Crippen molar-refractivity contribution in [1.29, 1.82) is 0 Å². The van der Waals surface area contributed by atoms with Crippen molar-refractivity contribution in [3.8, 4) is 11.4 Å².